The van der Waals surface area contributed by atoms with Crippen molar-refractivity contribution < 1.29 is 32.2 Å². The average Bonchev–Trinajstić information content (AvgIpc) is 2.73. The molecule has 0 amide bonds. The summed E-state index contributed by atoms with van der Waals surface area (Å²) in [4.78, 5) is 14.3. The quantitative estimate of drug-likeness (QED) is 0.528. The van der Waals surface area contributed by atoms with Gasteiger partial charge in [0, 0.05) is 11.3 Å². The molecule has 6 nitrogen and oxygen atoms in total. The van der Waals surface area contributed by atoms with Gasteiger partial charge in [0.2, 0.25) is 5.72 Å². The highest BCUT2D eigenvalue weighted by Gasteiger charge is 2.60. The molecular weight excluding hydrogens is 445 g/mol. The maximum absolute atomic E-state index is 13.4. The number of ether oxygens (including phenoxy) is 3. The first-order valence-electron chi connectivity index (χ1n) is 9.92. The molecule has 1 saturated heterocycles. The number of halogens is 3. The van der Waals surface area contributed by atoms with Gasteiger partial charge in [0.15, 0.2) is 16.6 Å². The molecule has 4 rings (SSSR count). The Bertz CT molecular complexity index is 1080. The number of carbonyl (C=O) groups is 1. The Morgan fingerprint density at radius 2 is 2.00 bits per heavy atom. The molecule has 2 bridgehead atoms. The van der Waals surface area contributed by atoms with Crippen LogP contribution in [0.3, 0.4) is 0 Å². The van der Waals surface area contributed by atoms with Gasteiger partial charge in [-0.05, 0) is 50.3 Å². The van der Waals surface area contributed by atoms with E-state index in [1.807, 2.05) is 6.92 Å². The molecule has 170 valence electrons. The number of alkyl halides is 3. The van der Waals surface area contributed by atoms with Crippen molar-refractivity contribution >= 4 is 29.0 Å². The van der Waals surface area contributed by atoms with Crippen LogP contribution in [0.25, 0.3) is 0 Å². The maximum atomic E-state index is 13.4. The summed E-state index contributed by atoms with van der Waals surface area (Å²) in [5.41, 5.74) is -1.55. The Morgan fingerprint density at radius 1 is 1.28 bits per heavy atom. The van der Waals surface area contributed by atoms with Crippen LogP contribution in [0.15, 0.2) is 42.5 Å². The fourth-order valence-corrected chi connectivity index (χ4v) is 4.75. The summed E-state index contributed by atoms with van der Waals surface area (Å²) in [6, 6.07) is 9.38. The van der Waals surface area contributed by atoms with Crippen molar-refractivity contribution in [1.29, 1.82) is 0 Å². The number of hydrogen-bond acceptors (Lipinski definition) is 5. The van der Waals surface area contributed by atoms with E-state index < -0.39 is 35.4 Å². The summed E-state index contributed by atoms with van der Waals surface area (Å²) in [5.74, 6) is -0.660. The van der Waals surface area contributed by atoms with Gasteiger partial charge in [0.1, 0.15) is 5.92 Å². The van der Waals surface area contributed by atoms with Gasteiger partial charge < -0.3 is 19.5 Å². The first-order valence-corrected chi connectivity index (χ1v) is 10.3. The number of rotatable bonds is 4. The molecule has 2 aliphatic rings. The molecule has 1 fully saturated rings. The van der Waals surface area contributed by atoms with Crippen LogP contribution < -0.4 is 19.7 Å². The molecule has 1 N–H and O–H groups in total. The van der Waals surface area contributed by atoms with Gasteiger partial charge in [-0.25, -0.2) is 0 Å². The van der Waals surface area contributed by atoms with E-state index in [2.05, 4.69) is 5.32 Å². The van der Waals surface area contributed by atoms with Crippen LogP contribution in [0.1, 0.15) is 31.0 Å². The minimum atomic E-state index is -4.55. The number of anilines is 1. The topological polar surface area (TPSA) is 60.0 Å². The van der Waals surface area contributed by atoms with Crippen LogP contribution in [-0.4, -0.2) is 30.5 Å². The lowest BCUT2D eigenvalue weighted by Gasteiger charge is -2.55. The number of benzene rings is 2. The Labute approximate surface area is 188 Å². The lowest BCUT2D eigenvalue weighted by atomic mass is 9.79. The van der Waals surface area contributed by atoms with E-state index >= 15 is 0 Å². The number of fused-ring (bicyclic) bond motifs is 4. The van der Waals surface area contributed by atoms with Crippen LogP contribution in [0.4, 0.5) is 18.9 Å². The van der Waals surface area contributed by atoms with Gasteiger partial charge in [0.05, 0.1) is 25.3 Å². The highest BCUT2D eigenvalue weighted by molar-refractivity contribution is 7.80. The minimum absolute atomic E-state index is 0.129. The van der Waals surface area contributed by atoms with Crippen molar-refractivity contribution in [1.82, 2.24) is 5.32 Å². The van der Waals surface area contributed by atoms with Crippen molar-refractivity contribution in [3.8, 4) is 11.5 Å². The van der Waals surface area contributed by atoms with Crippen molar-refractivity contribution in [2.75, 3.05) is 18.6 Å². The van der Waals surface area contributed by atoms with Gasteiger partial charge in [0.25, 0.3) is 0 Å². The molecule has 2 aliphatic heterocycles. The number of para-hydroxylation sites is 1. The van der Waals surface area contributed by atoms with Crippen LogP contribution in [0.5, 0.6) is 11.5 Å². The fraction of sp³-hybridized carbons (Fsp3) is 0.364. The van der Waals surface area contributed by atoms with Gasteiger partial charge in [-0.2, -0.15) is 13.2 Å². The molecule has 0 unspecified atom stereocenters. The molecule has 0 spiro atoms. The second-order valence-corrected chi connectivity index (χ2v) is 7.96. The zero-order valence-corrected chi connectivity index (χ0v) is 18.3. The summed E-state index contributed by atoms with van der Waals surface area (Å²) in [7, 11) is 1.25. The monoisotopic (exact) mass is 466 g/mol. The normalized spacial score (nSPS) is 24.2. The summed E-state index contributed by atoms with van der Waals surface area (Å²) < 4.78 is 57.3. The third-order valence-electron chi connectivity index (χ3n) is 5.68. The smallest absolute Gasteiger partial charge is 0.416 e. The highest BCUT2D eigenvalue weighted by Crippen LogP contribution is 2.52. The SMILES string of the molecule is CCOc1cccc2c1O[C@@]1(C)[C@@H](C(=O)OC)[C@H]2NC(=S)N1c1cccc(C(F)(F)F)c1. The van der Waals surface area contributed by atoms with Crippen LogP contribution in [0, 0.1) is 5.92 Å². The first-order chi connectivity index (χ1) is 15.1. The molecular formula is C22H21F3N2O4S. The molecule has 2 heterocycles. The summed E-state index contributed by atoms with van der Waals surface area (Å²) >= 11 is 5.53. The zero-order valence-electron chi connectivity index (χ0n) is 17.5. The minimum Gasteiger partial charge on any atom is -0.490 e. The number of carbonyl (C=O) groups excluding carboxylic acids is 1. The largest absolute Gasteiger partial charge is 0.490 e. The second-order valence-electron chi connectivity index (χ2n) is 7.58. The molecule has 0 radical (unpaired) electrons. The number of thiocarbonyl (C=S) groups is 1. The lowest BCUT2D eigenvalue weighted by molar-refractivity contribution is -0.157. The molecule has 0 aromatic heterocycles. The van der Waals surface area contributed by atoms with E-state index in [1.165, 1.54) is 24.1 Å². The fourth-order valence-electron chi connectivity index (χ4n) is 4.34. The van der Waals surface area contributed by atoms with Crippen molar-refractivity contribution in [3.63, 3.8) is 0 Å². The van der Waals surface area contributed by atoms with E-state index in [4.69, 9.17) is 26.4 Å². The van der Waals surface area contributed by atoms with Crippen molar-refractivity contribution in [2.45, 2.75) is 31.8 Å². The standard InChI is InChI=1S/C22H21F3N2O4S/c1-4-30-15-10-6-9-14-17-16(19(28)29-3)21(2,31-18(14)15)27(20(32)26-17)13-8-5-7-12(11-13)22(23,24)25/h5-11,16-17H,4H2,1-3H3,(H,26,32)/t16-,17+,21+/m1/s1. The average molecular weight is 466 g/mol. The van der Waals surface area contributed by atoms with Crippen LogP contribution in [-0.2, 0) is 15.7 Å². The van der Waals surface area contributed by atoms with E-state index in [-0.39, 0.29) is 10.8 Å². The number of esters is 1. The molecule has 0 aliphatic carbocycles. The Hall–Kier alpha value is -3.01. The molecule has 32 heavy (non-hydrogen) atoms. The number of nitrogens with zero attached hydrogens (tertiary/aromatic N) is 1. The Morgan fingerprint density at radius 3 is 2.66 bits per heavy atom. The first kappa shape index (κ1) is 22.2. The van der Waals surface area contributed by atoms with Gasteiger partial charge >= 0.3 is 12.1 Å². The number of methoxy groups -OCH3 is 1. The van der Waals surface area contributed by atoms with Gasteiger partial charge in [-0.3, -0.25) is 9.69 Å². The van der Waals surface area contributed by atoms with E-state index in [9.17, 15) is 18.0 Å². The van der Waals surface area contributed by atoms with Crippen molar-refractivity contribution in [2.24, 2.45) is 5.92 Å². The third-order valence-corrected chi connectivity index (χ3v) is 5.98. The maximum Gasteiger partial charge on any atom is 0.416 e. The summed E-state index contributed by atoms with van der Waals surface area (Å²) in [6.07, 6.45) is -4.55. The van der Waals surface area contributed by atoms with Gasteiger partial charge in [-0.15, -0.1) is 0 Å². The second kappa shape index (κ2) is 7.84. The number of hydrogen-bond donors (Lipinski definition) is 1. The van der Waals surface area contributed by atoms with Crippen molar-refractivity contribution in [3.05, 3.63) is 53.6 Å². The molecule has 2 aromatic rings. The van der Waals surface area contributed by atoms with Crippen LogP contribution in [0.2, 0.25) is 0 Å². The third kappa shape index (κ3) is 3.42. The Balaban J connectivity index is 1.91. The van der Waals surface area contributed by atoms with E-state index in [0.29, 0.717) is 23.7 Å². The van der Waals surface area contributed by atoms with E-state index in [1.54, 1.807) is 25.1 Å². The van der Waals surface area contributed by atoms with E-state index in [0.717, 1.165) is 12.1 Å². The molecule has 0 saturated carbocycles. The predicted octanol–water partition coefficient (Wildman–Crippen LogP) is 4.44. The zero-order chi connectivity index (χ0) is 23.3. The predicted molar refractivity (Wildman–Crippen MR) is 115 cm³/mol. The Kier molecular flexibility index (Phi) is 5.44. The molecule has 2 aromatic carbocycles. The highest BCUT2D eigenvalue weighted by atomic mass is 32.1. The molecule has 10 heteroatoms. The lowest BCUT2D eigenvalue weighted by Crippen LogP contribution is -2.71. The number of nitrogens with one attached hydrogen (secondary N) is 1. The molecule has 3 atom stereocenters. The van der Waals surface area contributed by atoms with Gasteiger partial charge in [-0.1, -0.05) is 18.2 Å². The summed E-state index contributed by atoms with van der Waals surface area (Å²) in [6.45, 7) is 3.82. The van der Waals surface area contributed by atoms with Crippen LogP contribution >= 0.6 is 12.2 Å². The summed E-state index contributed by atoms with van der Waals surface area (Å²) in [5, 5.41) is 3.24.